The highest BCUT2D eigenvalue weighted by atomic mass is 16.5. The number of nitrogens with one attached hydrogen (secondary N) is 1. The molecule has 20 heavy (non-hydrogen) atoms. The van der Waals surface area contributed by atoms with Crippen LogP contribution in [0.3, 0.4) is 0 Å². The first kappa shape index (κ1) is 12.1. The third-order valence-corrected chi connectivity index (χ3v) is 2.86. The van der Waals surface area contributed by atoms with E-state index in [9.17, 15) is 0 Å². The van der Waals surface area contributed by atoms with Crippen molar-refractivity contribution in [1.82, 2.24) is 9.97 Å². The first-order valence-electron chi connectivity index (χ1n) is 6.06. The number of nitrogens with zero attached hydrogens (tertiary/aromatic N) is 2. The molecule has 0 amide bonds. The van der Waals surface area contributed by atoms with Gasteiger partial charge in [0.05, 0.1) is 0 Å². The van der Waals surface area contributed by atoms with Crippen LogP contribution in [0, 0.1) is 5.41 Å². The first-order valence-corrected chi connectivity index (χ1v) is 6.06. The molecule has 0 saturated heterocycles. The van der Waals surface area contributed by atoms with Gasteiger partial charge in [-0.1, -0.05) is 30.3 Å². The van der Waals surface area contributed by atoms with Gasteiger partial charge >= 0.3 is 0 Å². The summed E-state index contributed by atoms with van der Waals surface area (Å²) in [7, 11) is 0. The Kier molecular flexibility index (Phi) is 3.01. The summed E-state index contributed by atoms with van der Waals surface area (Å²) in [6.45, 7) is 0. The van der Waals surface area contributed by atoms with Gasteiger partial charge in [-0.15, -0.1) is 0 Å². The van der Waals surface area contributed by atoms with Crippen molar-refractivity contribution in [2.24, 2.45) is 5.73 Å². The van der Waals surface area contributed by atoms with E-state index in [0.717, 1.165) is 10.8 Å². The highest BCUT2D eigenvalue weighted by Crippen LogP contribution is 2.25. The highest BCUT2D eigenvalue weighted by molar-refractivity contribution is 5.95. The van der Waals surface area contributed by atoms with Crippen LogP contribution >= 0.6 is 0 Å². The fourth-order valence-electron chi connectivity index (χ4n) is 1.93. The molecule has 0 radical (unpaired) electrons. The Hall–Kier alpha value is -2.95. The number of nitrogen functional groups attached to an aromatic ring is 1. The van der Waals surface area contributed by atoms with Gasteiger partial charge in [0.2, 0.25) is 5.88 Å². The van der Waals surface area contributed by atoms with Crippen molar-refractivity contribution in [1.29, 1.82) is 5.41 Å². The van der Waals surface area contributed by atoms with Crippen LogP contribution in [-0.2, 0) is 0 Å². The van der Waals surface area contributed by atoms with E-state index in [-0.39, 0.29) is 17.4 Å². The predicted molar refractivity (Wildman–Crippen MR) is 77.1 cm³/mol. The Morgan fingerprint density at radius 2 is 1.75 bits per heavy atom. The lowest BCUT2D eigenvalue weighted by atomic mass is 10.1. The quantitative estimate of drug-likeness (QED) is 0.562. The van der Waals surface area contributed by atoms with E-state index in [0.29, 0.717) is 5.75 Å². The summed E-state index contributed by atoms with van der Waals surface area (Å²) >= 11 is 0. The molecule has 0 aliphatic rings. The lowest BCUT2D eigenvalue weighted by Gasteiger charge is -2.08. The summed E-state index contributed by atoms with van der Waals surface area (Å²) in [6, 6.07) is 13.7. The number of nitrogens with two attached hydrogens (primary N) is 1. The van der Waals surface area contributed by atoms with E-state index in [4.69, 9.17) is 15.9 Å². The van der Waals surface area contributed by atoms with E-state index in [1.165, 1.54) is 12.4 Å². The second-order valence-electron chi connectivity index (χ2n) is 4.23. The van der Waals surface area contributed by atoms with Gasteiger partial charge in [-0.25, -0.2) is 9.97 Å². The maximum atomic E-state index is 7.47. The molecule has 1 aromatic heterocycles. The zero-order valence-electron chi connectivity index (χ0n) is 10.6. The van der Waals surface area contributed by atoms with Gasteiger partial charge in [-0.05, 0) is 22.9 Å². The van der Waals surface area contributed by atoms with Gasteiger partial charge in [0, 0.05) is 12.4 Å². The summed E-state index contributed by atoms with van der Waals surface area (Å²) in [5.74, 6) is 0.691. The number of fused-ring (bicyclic) bond motifs is 1. The Balaban J connectivity index is 1.99. The number of amidine groups is 1. The zero-order valence-corrected chi connectivity index (χ0v) is 10.6. The monoisotopic (exact) mass is 264 g/mol. The molecule has 3 rings (SSSR count). The average molecular weight is 264 g/mol. The molecule has 0 atom stereocenters. The number of hydrogen-bond donors (Lipinski definition) is 2. The van der Waals surface area contributed by atoms with Gasteiger partial charge in [-0.3, -0.25) is 5.41 Å². The second kappa shape index (κ2) is 4.97. The van der Waals surface area contributed by atoms with Crippen LogP contribution in [0.1, 0.15) is 5.69 Å². The molecule has 0 spiro atoms. The molecule has 3 N–H and O–H groups in total. The van der Waals surface area contributed by atoms with Gasteiger partial charge < -0.3 is 10.5 Å². The van der Waals surface area contributed by atoms with Crippen molar-refractivity contribution in [3.05, 3.63) is 60.6 Å². The molecule has 3 aromatic rings. The topological polar surface area (TPSA) is 84.9 Å². The highest BCUT2D eigenvalue weighted by Gasteiger charge is 2.10. The van der Waals surface area contributed by atoms with Crippen LogP contribution in [0.2, 0.25) is 0 Å². The number of hydrogen-bond acceptors (Lipinski definition) is 4. The second-order valence-corrected chi connectivity index (χ2v) is 4.23. The fourth-order valence-corrected chi connectivity index (χ4v) is 1.93. The molecule has 0 aliphatic heterocycles. The molecule has 0 unspecified atom stereocenters. The van der Waals surface area contributed by atoms with Crippen LogP contribution in [0.15, 0.2) is 54.9 Å². The van der Waals surface area contributed by atoms with Crippen molar-refractivity contribution in [3.63, 3.8) is 0 Å². The van der Waals surface area contributed by atoms with Crippen molar-refractivity contribution >= 4 is 16.6 Å². The van der Waals surface area contributed by atoms with E-state index in [1.807, 2.05) is 42.5 Å². The summed E-state index contributed by atoms with van der Waals surface area (Å²) in [5.41, 5.74) is 5.70. The number of aromatic nitrogens is 2. The summed E-state index contributed by atoms with van der Waals surface area (Å²) in [4.78, 5) is 8.07. The lowest BCUT2D eigenvalue weighted by molar-refractivity contribution is 0.459. The van der Waals surface area contributed by atoms with Crippen LogP contribution < -0.4 is 10.5 Å². The zero-order chi connectivity index (χ0) is 13.9. The molecular weight excluding hydrogens is 252 g/mol. The van der Waals surface area contributed by atoms with Crippen LogP contribution in [0.25, 0.3) is 10.8 Å². The molecule has 0 aliphatic carbocycles. The van der Waals surface area contributed by atoms with Crippen LogP contribution in [0.4, 0.5) is 0 Å². The van der Waals surface area contributed by atoms with E-state index >= 15 is 0 Å². The molecule has 2 aromatic carbocycles. The minimum atomic E-state index is -0.172. The number of benzene rings is 2. The lowest BCUT2D eigenvalue weighted by Crippen LogP contribution is -2.15. The summed E-state index contributed by atoms with van der Waals surface area (Å²) in [6.07, 6.45) is 2.98. The minimum absolute atomic E-state index is 0.172. The predicted octanol–water partition coefficient (Wildman–Crippen LogP) is 2.71. The number of ether oxygens (including phenoxy) is 1. The smallest absolute Gasteiger partial charge is 0.249 e. The Bertz CT molecular complexity index is 785. The molecule has 1 heterocycles. The molecular formula is C15H12N4O. The van der Waals surface area contributed by atoms with Crippen LogP contribution in [-0.4, -0.2) is 15.8 Å². The van der Waals surface area contributed by atoms with Crippen molar-refractivity contribution in [2.75, 3.05) is 0 Å². The van der Waals surface area contributed by atoms with Gasteiger partial charge in [0.1, 0.15) is 11.6 Å². The largest absolute Gasteiger partial charge is 0.437 e. The minimum Gasteiger partial charge on any atom is -0.437 e. The summed E-state index contributed by atoms with van der Waals surface area (Å²) < 4.78 is 5.68. The third-order valence-electron chi connectivity index (χ3n) is 2.86. The molecule has 5 heteroatoms. The first-order chi connectivity index (χ1) is 9.74. The molecule has 0 fully saturated rings. The van der Waals surface area contributed by atoms with Gasteiger partial charge in [0.25, 0.3) is 0 Å². The normalized spacial score (nSPS) is 10.4. The average Bonchev–Trinajstić information content (AvgIpc) is 2.47. The molecule has 0 bridgehead atoms. The molecule has 5 nitrogen and oxygen atoms in total. The molecule has 98 valence electrons. The standard InChI is InChI=1S/C15H12N4O/c16-14(17)13-15(19-8-7-18-13)20-12-6-5-10-3-1-2-4-11(10)9-12/h1-9H,(H3,16,17). The Morgan fingerprint density at radius 3 is 2.55 bits per heavy atom. The maximum Gasteiger partial charge on any atom is 0.249 e. The van der Waals surface area contributed by atoms with Crippen molar-refractivity contribution in [3.8, 4) is 11.6 Å². The maximum absolute atomic E-state index is 7.47. The van der Waals surface area contributed by atoms with Crippen LogP contribution in [0.5, 0.6) is 11.6 Å². The van der Waals surface area contributed by atoms with Crippen molar-refractivity contribution < 1.29 is 4.74 Å². The SMILES string of the molecule is N=C(N)c1nccnc1Oc1ccc2ccccc2c1. The van der Waals surface area contributed by atoms with E-state index in [1.54, 1.807) is 0 Å². The third kappa shape index (κ3) is 2.29. The van der Waals surface area contributed by atoms with Crippen molar-refractivity contribution in [2.45, 2.75) is 0 Å². The summed E-state index contributed by atoms with van der Waals surface area (Å²) in [5, 5.41) is 9.67. The van der Waals surface area contributed by atoms with Gasteiger partial charge in [-0.2, -0.15) is 0 Å². The Morgan fingerprint density at radius 1 is 1.00 bits per heavy atom. The van der Waals surface area contributed by atoms with E-state index in [2.05, 4.69) is 9.97 Å². The van der Waals surface area contributed by atoms with E-state index < -0.39 is 0 Å². The van der Waals surface area contributed by atoms with Gasteiger partial charge in [0.15, 0.2) is 5.69 Å². The Labute approximate surface area is 115 Å². The fraction of sp³-hybridized carbons (Fsp3) is 0. The molecule has 0 saturated carbocycles. The number of rotatable bonds is 3.